The first-order valence-corrected chi connectivity index (χ1v) is 6.84. The molecule has 1 aliphatic rings. The summed E-state index contributed by atoms with van der Waals surface area (Å²) in [7, 11) is 0. The summed E-state index contributed by atoms with van der Waals surface area (Å²) in [6.07, 6.45) is 7.64. The predicted octanol–water partition coefficient (Wildman–Crippen LogP) is 2.82. The average Bonchev–Trinajstić information content (AvgIpc) is 2.66. The molecule has 1 aliphatic carbocycles. The number of aliphatic hydroxyl groups is 1. The lowest BCUT2D eigenvalue weighted by Crippen LogP contribution is -2.09. The van der Waals surface area contributed by atoms with Crippen LogP contribution in [0.4, 0.5) is 0 Å². The van der Waals surface area contributed by atoms with Crippen molar-refractivity contribution in [3.63, 3.8) is 0 Å². The van der Waals surface area contributed by atoms with E-state index in [1.807, 2.05) is 12.1 Å². The van der Waals surface area contributed by atoms with E-state index in [1.165, 1.54) is 38.5 Å². The van der Waals surface area contributed by atoms with Crippen LogP contribution in [-0.2, 0) is 6.61 Å². The molecule has 0 amide bonds. The van der Waals surface area contributed by atoms with E-state index in [2.05, 4.69) is 21.1 Å². The minimum Gasteiger partial charge on any atom is -0.392 e. The lowest BCUT2D eigenvalue weighted by molar-refractivity contribution is 0.283. The first kappa shape index (κ1) is 11.7. The summed E-state index contributed by atoms with van der Waals surface area (Å²) in [5.41, 5.74) is 2.78. The van der Waals surface area contributed by atoms with E-state index in [9.17, 15) is 5.11 Å². The molecular weight excluding hydrogens is 226 g/mol. The minimum absolute atomic E-state index is 0.0285. The number of hydrogen-bond donors (Lipinski definition) is 1. The molecule has 1 N–H and O–H groups in total. The maximum atomic E-state index is 9.32. The van der Waals surface area contributed by atoms with Gasteiger partial charge in [-0.25, -0.2) is 4.68 Å². The molecule has 4 heteroatoms. The Morgan fingerprint density at radius 3 is 2.67 bits per heavy atom. The monoisotopic (exact) mass is 245 g/mol. The Balaban J connectivity index is 2.01. The number of aromatic nitrogens is 3. The fourth-order valence-electron chi connectivity index (χ4n) is 2.92. The predicted molar refractivity (Wildman–Crippen MR) is 70.2 cm³/mol. The number of fused-ring (bicyclic) bond motifs is 1. The molecule has 1 aromatic carbocycles. The highest BCUT2D eigenvalue weighted by atomic mass is 16.3. The van der Waals surface area contributed by atoms with Crippen LogP contribution in [0.15, 0.2) is 18.2 Å². The standard InChI is InChI=1S/C14H19N3O/c18-10-11-6-5-9-13-14(11)15-16-17(13)12-7-3-1-2-4-8-12/h5-6,9,12,18H,1-4,7-8,10H2. The van der Waals surface area contributed by atoms with E-state index < -0.39 is 0 Å². The Kier molecular flexibility index (Phi) is 3.28. The number of aliphatic hydroxyl groups excluding tert-OH is 1. The van der Waals surface area contributed by atoms with Gasteiger partial charge in [0.1, 0.15) is 5.52 Å². The van der Waals surface area contributed by atoms with Crippen LogP contribution in [0.1, 0.15) is 50.1 Å². The second kappa shape index (κ2) is 5.06. The summed E-state index contributed by atoms with van der Waals surface area (Å²) < 4.78 is 2.07. The van der Waals surface area contributed by atoms with Crippen molar-refractivity contribution in [1.82, 2.24) is 15.0 Å². The van der Waals surface area contributed by atoms with Gasteiger partial charge in [-0.3, -0.25) is 0 Å². The second-order valence-corrected chi connectivity index (χ2v) is 5.12. The third-order valence-electron chi connectivity index (χ3n) is 3.93. The second-order valence-electron chi connectivity index (χ2n) is 5.12. The highest BCUT2D eigenvalue weighted by Crippen LogP contribution is 2.29. The number of nitrogens with zero attached hydrogens (tertiary/aromatic N) is 3. The van der Waals surface area contributed by atoms with E-state index in [4.69, 9.17) is 0 Å². The molecule has 0 bridgehead atoms. The molecule has 2 aromatic rings. The van der Waals surface area contributed by atoms with E-state index in [-0.39, 0.29) is 6.61 Å². The van der Waals surface area contributed by atoms with Crippen LogP contribution >= 0.6 is 0 Å². The van der Waals surface area contributed by atoms with Crippen molar-refractivity contribution in [3.8, 4) is 0 Å². The maximum Gasteiger partial charge on any atom is 0.118 e. The Labute approximate surface area is 107 Å². The molecule has 0 spiro atoms. The summed E-state index contributed by atoms with van der Waals surface area (Å²) in [4.78, 5) is 0. The van der Waals surface area contributed by atoms with Gasteiger partial charge in [0.05, 0.1) is 18.2 Å². The lowest BCUT2D eigenvalue weighted by atomic mass is 10.1. The fourth-order valence-corrected chi connectivity index (χ4v) is 2.92. The zero-order valence-electron chi connectivity index (χ0n) is 10.5. The zero-order valence-corrected chi connectivity index (χ0v) is 10.5. The largest absolute Gasteiger partial charge is 0.392 e. The third kappa shape index (κ3) is 2.01. The van der Waals surface area contributed by atoms with Crippen LogP contribution in [0.2, 0.25) is 0 Å². The summed E-state index contributed by atoms with van der Waals surface area (Å²) >= 11 is 0. The molecule has 0 unspecified atom stereocenters. The van der Waals surface area contributed by atoms with Gasteiger partial charge in [0, 0.05) is 5.56 Å². The Hall–Kier alpha value is -1.42. The molecule has 1 fully saturated rings. The summed E-state index contributed by atoms with van der Waals surface area (Å²) in [5.74, 6) is 0. The van der Waals surface area contributed by atoms with Crippen molar-refractivity contribution in [2.45, 2.75) is 51.2 Å². The van der Waals surface area contributed by atoms with Crippen LogP contribution in [0.5, 0.6) is 0 Å². The minimum atomic E-state index is 0.0285. The topological polar surface area (TPSA) is 50.9 Å². The molecule has 0 radical (unpaired) electrons. The van der Waals surface area contributed by atoms with Gasteiger partial charge in [-0.05, 0) is 18.9 Å². The van der Waals surface area contributed by atoms with Crippen LogP contribution in [-0.4, -0.2) is 20.1 Å². The third-order valence-corrected chi connectivity index (χ3v) is 3.93. The smallest absolute Gasteiger partial charge is 0.118 e. The van der Waals surface area contributed by atoms with Crippen molar-refractivity contribution >= 4 is 11.0 Å². The van der Waals surface area contributed by atoms with Gasteiger partial charge >= 0.3 is 0 Å². The Morgan fingerprint density at radius 1 is 1.17 bits per heavy atom. The summed E-state index contributed by atoms with van der Waals surface area (Å²) in [6, 6.07) is 6.42. The van der Waals surface area contributed by atoms with Crippen LogP contribution < -0.4 is 0 Å². The molecule has 0 atom stereocenters. The first-order valence-electron chi connectivity index (χ1n) is 6.84. The van der Waals surface area contributed by atoms with Crippen molar-refractivity contribution in [2.24, 2.45) is 0 Å². The fraction of sp³-hybridized carbons (Fsp3) is 0.571. The Morgan fingerprint density at radius 2 is 1.94 bits per heavy atom. The van der Waals surface area contributed by atoms with Crippen LogP contribution in [0.25, 0.3) is 11.0 Å². The lowest BCUT2D eigenvalue weighted by Gasteiger charge is -2.14. The summed E-state index contributed by atoms with van der Waals surface area (Å²) in [5, 5.41) is 17.9. The number of hydrogen-bond acceptors (Lipinski definition) is 3. The quantitative estimate of drug-likeness (QED) is 0.828. The molecule has 4 nitrogen and oxygen atoms in total. The van der Waals surface area contributed by atoms with Crippen LogP contribution in [0, 0.1) is 0 Å². The average molecular weight is 245 g/mol. The molecule has 1 heterocycles. The molecule has 3 rings (SSSR count). The van der Waals surface area contributed by atoms with Gasteiger partial charge in [-0.1, -0.05) is 43.0 Å². The Bertz CT molecular complexity index is 527. The number of benzene rings is 1. The molecule has 96 valence electrons. The highest BCUT2D eigenvalue weighted by molar-refractivity contribution is 5.78. The molecule has 18 heavy (non-hydrogen) atoms. The van der Waals surface area contributed by atoms with Gasteiger partial charge in [0.2, 0.25) is 0 Å². The van der Waals surface area contributed by atoms with Crippen molar-refractivity contribution in [1.29, 1.82) is 0 Å². The maximum absolute atomic E-state index is 9.32. The van der Waals surface area contributed by atoms with Gasteiger partial charge in [0.15, 0.2) is 0 Å². The van der Waals surface area contributed by atoms with Crippen molar-refractivity contribution < 1.29 is 5.11 Å². The molecule has 1 saturated carbocycles. The zero-order chi connectivity index (χ0) is 12.4. The normalized spacial score (nSPS) is 18.1. The summed E-state index contributed by atoms with van der Waals surface area (Å²) in [6.45, 7) is 0.0285. The van der Waals surface area contributed by atoms with E-state index in [0.717, 1.165) is 16.6 Å². The van der Waals surface area contributed by atoms with E-state index in [0.29, 0.717) is 6.04 Å². The van der Waals surface area contributed by atoms with Gasteiger partial charge in [0.25, 0.3) is 0 Å². The first-order chi connectivity index (χ1) is 8.90. The van der Waals surface area contributed by atoms with Crippen molar-refractivity contribution in [2.75, 3.05) is 0 Å². The van der Waals surface area contributed by atoms with Crippen molar-refractivity contribution in [3.05, 3.63) is 23.8 Å². The number of rotatable bonds is 2. The van der Waals surface area contributed by atoms with E-state index in [1.54, 1.807) is 0 Å². The highest BCUT2D eigenvalue weighted by Gasteiger charge is 2.18. The van der Waals surface area contributed by atoms with E-state index >= 15 is 0 Å². The van der Waals surface area contributed by atoms with Crippen LogP contribution in [0.3, 0.4) is 0 Å². The SMILES string of the molecule is OCc1cccc2c1nnn2C1CCCCCC1. The molecule has 0 aliphatic heterocycles. The molecule has 0 saturated heterocycles. The molecular formula is C14H19N3O. The van der Waals surface area contributed by atoms with Gasteiger partial charge in [-0.15, -0.1) is 5.10 Å². The van der Waals surface area contributed by atoms with Gasteiger partial charge in [-0.2, -0.15) is 0 Å². The molecule has 1 aromatic heterocycles. The van der Waals surface area contributed by atoms with Gasteiger partial charge < -0.3 is 5.11 Å².